The monoisotopic (exact) mass is 340 g/mol. The first-order chi connectivity index (χ1) is 9.97. The molecule has 0 bridgehead atoms. The smallest absolute Gasteiger partial charge is 0.748 e. The number of rotatable bonds is 6. The summed E-state index contributed by atoms with van der Waals surface area (Å²) in [6, 6.07) is 0. The molecule has 0 N–H and O–H groups in total. The van der Waals surface area contributed by atoms with E-state index in [1.165, 1.54) is 64.2 Å². The summed E-state index contributed by atoms with van der Waals surface area (Å²) < 4.78 is 32.9. The van der Waals surface area contributed by atoms with Crippen LogP contribution in [0.5, 0.6) is 0 Å². The van der Waals surface area contributed by atoms with Crippen LogP contribution in [0.1, 0.15) is 77.6 Å². The summed E-state index contributed by atoms with van der Waals surface area (Å²) in [4.78, 5) is 0. The van der Waals surface area contributed by atoms with Crippen LogP contribution in [-0.2, 0) is 10.1 Å². The average Bonchev–Trinajstić information content (AvgIpc) is 2.47. The normalized spacial score (nSPS) is 23.2. The maximum absolute atomic E-state index is 11.0. The molecule has 3 nitrogen and oxygen atoms in total. The Morgan fingerprint density at radius 3 is 1.73 bits per heavy atom. The molecule has 6 heteroatoms. The Kier molecular flexibility index (Phi) is 9.58. The SMILES string of the molecule is CC(CCS(=O)(=O)[O-])P(C1CCCCC1)C1CCCCC1.[Li+]. The van der Waals surface area contributed by atoms with Gasteiger partial charge in [0, 0.05) is 5.75 Å². The van der Waals surface area contributed by atoms with Gasteiger partial charge in [0.15, 0.2) is 0 Å². The second-order valence-electron chi connectivity index (χ2n) is 6.93. The molecule has 0 heterocycles. The van der Waals surface area contributed by atoms with Crippen molar-refractivity contribution in [2.24, 2.45) is 0 Å². The molecule has 22 heavy (non-hydrogen) atoms. The quantitative estimate of drug-likeness (QED) is 0.418. The Morgan fingerprint density at radius 2 is 1.36 bits per heavy atom. The molecular weight excluding hydrogens is 310 g/mol. The van der Waals surface area contributed by atoms with E-state index in [2.05, 4.69) is 6.92 Å². The molecule has 0 aromatic carbocycles. The predicted molar refractivity (Wildman–Crippen MR) is 89.3 cm³/mol. The third-order valence-electron chi connectivity index (χ3n) is 5.29. The van der Waals surface area contributed by atoms with E-state index < -0.39 is 10.1 Å². The van der Waals surface area contributed by atoms with Gasteiger partial charge in [-0.3, -0.25) is 0 Å². The molecule has 0 aromatic rings. The second-order valence-corrected chi connectivity index (χ2v) is 11.7. The maximum Gasteiger partial charge on any atom is 1.00 e. The van der Waals surface area contributed by atoms with E-state index in [1.807, 2.05) is 0 Å². The van der Waals surface area contributed by atoms with E-state index in [1.54, 1.807) is 0 Å². The molecule has 2 fully saturated rings. The molecule has 0 radical (unpaired) electrons. The Bertz CT molecular complexity index is 386. The summed E-state index contributed by atoms with van der Waals surface area (Å²) in [5, 5.41) is 0. The minimum atomic E-state index is -4.05. The number of hydrogen-bond acceptors (Lipinski definition) is 3. The van der Waals surface area contributed by atoms with Crippen LogP contribution >= 0.6 is 7.92 Å². The number of hydrogen-bond donors (Lipinski definition) is 0. The molecular formula is C16H30LiO3PS. The molecule has 2 aliphatic rings. The zero-order chi connectivity index (χ0) is 15.3. The van der Waals surface area contributed by atoms with Gasteiger partial charge >= 0.3 is 18.9 Å². The van der Waals surface area contributed by atoms with E-state index in [9.17, 15) is 13.0 Å². The first-order valence-corrected chi connectivity index (χ1v) is 11.8. The van der Waals surface area contributed by atoms with Gasteiger partial charge in [-0.1, -0.05) is 53.4 Å². The molecule has 1 atom stereocenters. The molecule has 2 rings (SSSR count). The van der Waals surface area contributed by atoms with Crippen LogP contribution in [0.15, 0.2) is 0 Å². The van der Waals surface area contributed by atoms with Crippen LogP contribution in [0.4, 0.5) is 0 Å². The molecule has 0 aromatic heterocycles. The fraction of sp³-hybridized carbons (Fsp3) is 1.00. The Labute approximate surface area is 150 Å². The summed E-state index contributed by atoms with van der Waals surface area (Å²) in [7, 11) is -4.17. The van der Waals surface area contributed by atoms with Gasteiger partial charge in [0.2, 0.25) is 0 Å². The van der Waals surface area contributed by atoms with Gasteiger partial charge in [0.25, 0.3) is 0 Å². The van der Waals surface area contributed by atoms with Crippen molar-refractivity contribution in [1.29, 1.82) is 0 Å². The first-order valence-electron chi connectivity index (χ1n) is 8.68. The van der Waals surface area contributed by atoms with Crippen molar-refractivity contribution in [1.82, 2.24) is 0 Å². The van der Waals surface area contributed by atoms with Crippen LogP contribution < -0.4 is 18.9 Å². The van der Waals surface area contributed by atoms with Crippen molar-refractivity contribution < 1.29 is 31.8 Å². The van der Waals surface area contributed by atoms with E-state index >= 15 is 0 Å². The van der Waals surface area contributed by atoms with Crippen LogP contribution in [0, 0.1) is 0 Å². The van der Waals surface area contributed by atoms with Gasteiger partial charge in [0.05, 0.1) is 10.1 Å². The van der Waals surface area contributed by atoms with Crippen molar-refractivity contribution in [3.05, 3.63) is 0 Å². The van der Waals surface area contributed by atoms with Gasteiger partial charge in [0.1, 0.15) is 0 Å². The Balaban J connectivity index is 0.00000242. The maximum atomic E-state index is 11.0. The standard InChI is InChI=1S/C16H31O3PS.Li/c1-14(12-13-21(17,18)19)20(15-8-4-2-5-9-15)16-10-6-3-7-11-16;/h14-16H,2-13H2,1H3,(H,17,18,19);/q;+1/p-1. The summed E-state index contributed by atoms with van der Waals surface area (Å²) in [6.45, 7) is 2.22. The van der Waals surface area contributed by atoms with Gasteiger partial charge < -0.3 is 4.55 Å². The zero-order valence-corrected chi connectivity index (χ0v) is 16.0. The van der Waals surface area contributed by atoms with Gasteiger partial charge in [-0.05, 0) is 49.1 Å². The van der Waals surface area contributed by atoms with Crippen molar-refractivity contribution in [3.8, 4) is 0 Å². The fourth-order valence-electron chi connectivity index (χ4n) is 4.24. The Hall–Kier alpha value is 0.937. The third-order valence-corrected chi connectivity index (χ3v) is 10.0. The van der Waals surface area contributed by atoms with Crippen molar-refractivity contribution in [2.45, 2.75) is 94.5 Å². The van der Waals surface area contributed by atoms with E-state index in [0.717, 1.165) is 11.3 Å². The average molecular weight is 340 g/mol. The summed E-state index contributed by atoms with van der Waals surface area (Å²) in [5.41, 5.74) is 2.11. The van der Waals surface area contributed by atoms with Crippen LogP contribution in [0.25, 0.3) is 0 Å². The minimum absolute atomic E-state index is 0. The summed E-state index contributed by atoms with van der Waals surface area (Å²) in [5.74, 6) is -0.160. The molecule has 2 aliphatic carbocycles. The molecule has 0 aliphatic heterocycles. The van der Waals surface area contributed by atoms with Crippen LogP contribution in [0.3, 0.4) is 0 Å². The second kappa shape index (κ2) is 10.0. The summed E-state index contributed by atoms with van der Waals surface area (Å²) >= 11 is 0. The minimum Gasteiger partial charge on any atom is -0.748 e. The van der Waals surface area contributed by atoms with Crippen LogP contribution in [-0.4, -0.2) is 35.7 Å². The predicted octanol–water partition coefficient (Wildman–Crippen LogP) is 1.46. The zero-order valence-electron chi connectivity index (χ0n) is 14.3. The van der Waals surface area contributed by atoms with E-state index in [4.69, 9.17) is 0 Å². The van der Waals surface area contributed by atoms with Crippen molar-refractivity contribution in [2.75, 3.05) is 5.75 Å². The Morgan fingerprint density at radius 1 is 0.955 bits per heavy atom. The molecule has 0 saturated heterocycles. The molecule has 124 valence electrons. The molecule has 1 unspecified atom stereocenters. The van der Waals surface area contributed by atoms with Crippen molar-refractivity contribution >= 4 is 18.0 Å². The fourth-order valence-corrected chi connectivity index (χ4v) is 9.44. The molecule has 0 amide bonds. The molecule has 0 spiro atoms. The van der Waals surface area contributed by atoms with Crippen molar-refractivity contribution in [3.63, 3.8) is 0 Å². The third kappa shape index (κ3) is 6.82. The van der Waals surface area contributed by atoms with Gasteiger partial charge in [-0.25, -0.2) is 8.42 Å². The van der Waals surface area contributed by atoms with Crippen LogP contribution in [0.2, 0.25) is 0 Å². The largest absolute Gasteiger partial charge is 1.00 e. The topological polar surface area (TPSA) is 57.2 Å². The first kappa shape index (κ1) is 21.0. The van der Waals surface area contributed by atoms with E-state index in [-0.39, 0.29) is 32.5 Å². The van der Waals surface area contributed by atoms with Gasteiger partial charge in [-0.2, -0.15) is 0 Å². The summed E-state index contributed by atoms with van der Waals surface area (Å²) in [6.07, 6.45) is 14.1. The molecule has 2 saturated carbocycles. The van der Waals surface area contributed by atoms with E-state index in [0.29, 0.717) is 12.1 Å². The van der Waals surface area contributed by atoms with Gasteiger partial charge in [-0.15, -0.1) is 0 Å².